The van der Waals surface area contributed by atoms with Crippen LogP contribution in [0.4, 0.5) is 0 Å². The van der Waals surface area contributed by atoms with E-state index in [2.05, 4.69) is 46.6 Å². The van der Waals surface area contributed by atoms with Gasteiger partial charge in [0.1, 0.15) is 0 Å². The van der Waals surface area contributed by atoms with Gasteiger partial charge in [-0.05, 0) is 44.6 Å². The predicted octanol–water partition coefficient (Wildman–Crippen LogP) is 2.72. The molecular weight excluding hydrogens is 196 g/mol. The zero-order valence-electron chi connectivity index (χ0n) is 11.9. The van der Waals surface area contributed by atoms with Gasteiger partial charge in [-0.25, -0.2) is 0 Å². The van der Waals surface area contributed by atoms with Crippen LogP contribution in [0.25, 0.3) is 0 Å². The van der Waals surface area contributed by atoms with E-state index < -0.39 is 0 Å². The summed E-state index contributed by atoms with van der Waals surface area (Å²) in [6.45, 7) is 11.6. The van der Waals surface area contributed by atoms with Gasteiger partial charge >= 0.3 is 0 Å². The molecule has 2 nitrogen and oxygen atoms in total. The van der Waals surface area contributed by atoms with Gasteiger partial charge in [0, 0.05) is 18.1 Å². The highest BCUT2D eigenvalue weighted by Crippen LogP contribution is 2.32. The number of likely N-dealkylation sites (N-methyl/N-ethyl adjacent to an activating group) is 1. The average Bonchev–Trinajstić information content (AvgIpc) is 2.14. The Morgan fingerprint density at radius 2 is 1.69 bits per heavy atom. The molecule has 5 atom stereocenters. The number of rotatable bonds is 3. The van der Waals surface area contributed by atoms with Crippen molar-refractivity contribution in [3.05, 3.63) is 0 Å². The van der Waals surface area contributed by atoms with E-state index in [1.54, 1.807) is 0 Å². The summed E-state index contributed by atoms with van der Waals surface area (Å²) in [6, 6.07) is 1.53. The Kier molecular flexibility index (Phi) is 4.81. The molecule has 0 amide bonds. The summed E-state index contributed by atoms with van der Waals surface area (Å²) in [5, 5.41) is 0. The second-order valence-electron chi connectivity index (χ2n) is 6.36. The SMILES string of the molecule is CC1CC(C)C(N(C)C(C)C(C)C)C(N)C1. The Balaban J connectivity index is 2.70. The fourth-order valence-electron chi connectivity index (χ4n) is 3.34. The number of nitrogens with two attached hydrogens (primary N) is 1. The van der Waals surface area contributed by atoms with Crippen LogP contribution >= 0.6 is 0 Å². The molecular formula is C14H30N2. The summed E-state index contributed by atoms with van der Waals surface area (Å²) in [5.74, 6) is 2.22. The Morgan fingerprint density at radius 1 is 1.12 bits per heavy atom. The second-order valence-corrected chi connectivity index (χ2v) is 6.36. The summed E-state index contributed by atoms with van der Waals surface area (Å²) in [5.41, 5.74) is 6.36. The maximum absolute atomic E-state index is 6.36. The molecule has 0 aliphatic heterocycles. The fraction of sp³-hybridized carbons (Fsp3) is 1.00. The average molecular weight is 226 g/mol. The summed E-state index contributed by atoms with van der Waals surface area (Å²) in [4.78, 5) is 2.52. The number of hydrogen-bond donors (Lipinski definition) is 1. The van der Waals surface area contributed by atoms with E-state index in [0.717, 1.165) is 11.8 Å². The molecule has 1 fully saturated rings. The van der Waals surface area contributed by atoms with Crippen LogP contribution in [0.15, 0.2) is 0 Å². The predicted molar refractivity (Wildman–Crippen MR) is 71.4 cm³/mol. The molecule has 0 radical (unpaired) electrons. The Hall–Kier alpha value is -0.0800. The van der Waals surface area contributed by atoms with E-state index >= 15 is 0 Å². The molecule has 1 rings (SSSR count). The van der Waals surface area contributed by atoms with Gasteiger partial charge in [-0.1, -0.05) is 27.7 Å². The van der Waals surface area contributed by atoms with Crippen molar-refractivity contribution in [3.8, 4) is 0 Å². The lowest BCUT2D eigenvalue weighted by Crippen LogP contribution is -2.56. The molecule has 0 bridgehead atoms. The third-order valence-corrected chi connectivity index (χ3v) is 4.55. The molecule has 1 aliphatic rings. The molecule has 0 aromatic rings. The number of nitrogens with zero attached hydrogens (tertiary/aromatic N) is 1. The van der Waals surface area contributed by atoms with Crippen LogP contribution < -0.4 is 5.73 Å². The minimum atomic E-state index is 0.352. The highest BCUT2D eigenvalue weighted by molar-refractivity contribution is 4.93. The Morgan fingerprint density at radius 3 is 2.12 bits per heavy atom. The summed E-state index contributed by atoms with van der Waals surface area (Å²) in [6.07, 6.45) is 2.51. The van der Waals surface area contributed by atoms with E-state index in [9.17, 15) is 0 Å². The van der Waals surface area contributed by atoms with Crippen LogP contribution in [0.2, 0.25) is 0 Å². The van der Waals surface area contributed by atoms with Crippen molar-refractivity contribution in [1.82, 2.24) is 4.90 Å². The largest absolute Gasteiger partial charge is 0.326 e. The first-order valence-corrected chi connectivity index (χ1v) is 6.82. The summed E-state index contributed by atoms with van der Waals surface area (Å²) >= 11 is 0. The summed E-state index contributed by atoms with van der Waals surface area (Å²) in [7, 11) is 2.25. The van der Waals surface area contributed by atoms with Crippen molar-refractivity contribution in [2.75, 3.05) is 7.05 Å². The van der Waals surface area contributed by atoms with Gasteiger partial charge in [0.15, 0.2) is 0 Å². The molecule has 0 spiro atoms. The van der Waals surface area contributed by atoms with Crippen molar-refractivity contribution in [1.29, 1.82) is 0 Å². The topological polar surface area (TPSA) is 29.3 Å². The van der Waals surface area contributed by atoms with Crippen LogP contribution in [0.1, 0.15) is 47.5 Å². The van der Waals surface area contributed by atoms with Crippen LogP contribution in [0.3, 0.4) is 0 Å². The van der Waals surface area contributed by atoms with Crippen LogP contribution in [-0.2, 0) is 0 Å². The maximum atomic E-state index is 6.36. The second kappa shape index (κ2) is 5.50. The standard InChI is InChI=1S/C14H30N2/c1-9(2)12(5)16(6)14-11(4)7-10(3)8-13(14)15/h9-14H,7-8,15H2,1-6H3. The lowest BCUT2D eigenvalue weighted by Gasteiger charge is -2.46. The lowest BCUT2D eigenvalue weighted by molar-refractivity contribution is 0.0536. The van der Waals surface area contributed by atoms with Crippen LogP contribution in [0.5, 0.6) is 0 Å². The quantitative estimate of drug-likeness (QED) is 0.802. The van der Waals surface area contributed by atoms with Gasteiger partial charge in [-0.3, -0.25) is 4.90 Å². The van der Waals surface area contributed by atoms with Crippen molar-refractivity contribution in [2.24, 2.45) is 23.5 Å². The number of hydrogen-bond acceptors (Lipinski definition) is 2. The monoisotopic (exact) mass is 226 g/mol. The van der Waals surface area contributed by atoms with Gasteiger partial charge in [0.25, 0.3) is 0 Å². The molecule has 16 heavy (non-hydrogen) atoms. The van der Waals surface area contributed by atoms with Gasteiger partial charge < -0.3 is 5.73 Å². The van der Waals surface area contributed by atoms with Crippen LogP contribution in [0, 0.1) is 17.8 Å². The van der Waals surface area contributed by atoms with Gasteiger partial charge in [-0.15, -0.1) is 0 Å². The zero-order chi connectivity index (χ0) is 12.5. The van der Waals surface area contributed by atoms with Crippen LogP contribution in [-0.4, -0.2) is 30.1 Å². The Bertz CT molecular complexity index is 203. The van der Waals surface area contributed by atoms with Gasteiger partial charge in [0.2, 0.25) is 0 Å². The Labute approximate surface area is 102 Å². The molecule has 0 heterocycles. The van der Waals surface area contributed by atoms with Crippen molar-refractivity contribution >= 4 is 0 Å². The zero-order valence-corrected chi connectivity index (χ0v) is 11.9. The van der Waals surface area contributed by atoms with E-state index in [0.29, 0.717) is 24.0 Å². The minimum Gasteiger partial charge on any atom is -0.326 e. The third kappa shape index (κ3) is 2.98. The third-order valence-electron chi connectivity index (χ3n) is 4.55. The maximum Gasteiger partial charge on any atom is 0.0272 e. The van der Waals surface area contributed by atoms with E-state index in [4.69, 9.17) is 5.73 Å². The fourth-order valence-corrected chi connectivity index (χ4v) is 3.34. The molecule has 5 unspecified atom stereocenters. The molecule has 0 aromatic heterocycles. The van der Waals surface area contributed by atoms with Crippen molar-refractivity contribution < 1.29 is 0 Å². The highest BCUT2D eigenvalue weighted by Gasteiger charge is 2.36. The molecule has 2 N–H and O–H groups in total. The van der Waals surface area contributed by atoms with E-state index in [-0.39, 0.29) is 0 Å². The van der Waals surface area contributed by atoms with Gasteiger partial charge in [0.05, 0.1) is 0 Å². The van der Waals surface area contributed by atoms with Crippen molar-refractivity contribution in [2.45, 2.75) is 65.6 Å². The van der Waals surface area contributed by atoms with Crippen molar-refractivity contribution in [3.63, 3.8) is 0 Å². The first kappa shape index (κ1) is 14.0. The molecule has 1 saturated carbocycles. The minimum absolute atomic E-state index is 0.352. The first-order chi connectivity index (χ1) is 7.34. The smallest absolute Gasteiger partial charge is 0.0272 e. The summed E-state index contributed by atoms with van der Waals surface area (Å²) < 4.78 is 0. The lowest BCUT2D eigenvalue weighted by atomic mass is 9.75. The van der Waals surface area contributed by atoms with Gasteiger partial charge in [-0.2, -0.15) is 0 Å². The molecule has 96 valence electrons. The van der Waals surface area contributed by atoms with E-state index in [1.807, 2.05) is 0 Å². The van der Waals surface area contributed by atoms with E-state index in [1.165, 1.54) is 12.8 Å². The highest BCUT2D eigenvalue weighted by atomic mass is 15.2. The molecule has 1 aliphatic carbocycles. The molecule has 0 saturated heterocycles. The molecule has 2 heteroatoms. The molecule has 0 aromatic carbocycles. The first-order valence-electron chi connectivity index (χ1n) is 6.82. The normalized spacial score (nSPS) is 38.1.